The largest absolute Gasteiger partial charge is 0.508 e. The second-order valence-electron chi connectivity index (χ2n) is 6.77. The van der Waals surface area contributed by atoms with Crippen molar-refractivity contribution >= 4 is 6.02 Å². The molecule has 0 unspecified atom stereocenters. The Balaban J connectivity index is 1.92. The first-order valence-electron chi connectivity index (χ1n) is 8.02. The molecule has 7 nitrogen and oxygen atoms in total. The Hall–Kier alpha value is -3.24. The Labute approximate surface area is 150 Å². The average Bonchev–Trinajstić information content (AvgIpc) is 2.96. The minimum absolute atomic E-state index is 0.0557. The molecule has 0 amide bonds. The normalized spacial score (nSPS) is 20.2. The molecule has 3 heterocycles. The van der Waals surface area contributed by atoms with E-state index in [2.05, 4.69) is 21.8 Å². The number of aromatic nitrogens is 1. The smallest absolute Gasteiger partial charge is 0.283 e. The van der Waals surface area contributed by atoms with Crippen molar-refractivity contribution in [1.82, 2.24) is 4.98 Å². The molecule has 1 atom stereocenters. The molecule has 2 aliphatic rings. The molecule has 26 heavy (non-hydrogen) atoms. The third-order valence-electron chi connectivity index (χ3n) is 4.15. The van der Waals surface area contributed by atoms with Crippen LogP contribution in [0, 0.1) is 11.8 Å². The fourth-order valence-electron chi connectivity index (χ4n) is 3.01. The number of ether oxygens (including phenoxy) is 2. The van der Waals surface area contributed by atoms with Gasteiger partial charge in [-0.25, -0.2) is 9.98 Å². The summed E-state index contributed by atoms with van der Waals surface area (Å²) in [5.74, 6) is 6.64. The lowest BCUT2D eigenvalue weighted by Crippen LogP contribution is -2.31. The fourth-order valence-corrected chi connectivity index (χ4v) is 3.01. The molecule has 0 fully saturated rings. The van der Waals surface area contributed by atoms with E-state index in [4.69, 9.17) is 15.2 Å². The summed E-state index contributed by atoms with van der Waals surface area (Å²) in [5, 5.41) is 19.7. The highest BCUT2D eigenvalue weighted by Gasteiger charge is 2.47. The maximum atomic E-state index is 9.93. The minimum atomic E-state index is -1.12. The van der Waals surface area contributed by atoms with E-state index in [0.29, 0.717) is 28.3 Å². The Morgan fingerprint density at radius 2 is 2.08 bits per heavy atom. The van der Waals surface area contributed by atoms with Crippen molar-refractivity contribution in [3.63, 3.8) is 0 Å². The highest BCUT2D eigenvalue weighted by atomic mass is 16.5. The monoisotopic (exact) mass is 351 g/mol. The van der Waals surface area contributed by atoms with E-state index in [0.717, 1.165) is 0 Å². The summed E-state index contributed by atoms with van der Waals surface area (Å²) in [6.07, 6.45) is 1.57. The summed E-state index contributed by atoms with van der Waals surface area (Å²) in [4.78, 5) is 8.85. The van der Waals surface area contributed by atoms with Gasteiger partial charge >= 0.3 is 0 Å². The molecule has 0 radical (unpaired) electrons. The Kier molecular flexibility index (Phi) is 3.36. The molecule has 0 saturated heterocycles. The summed E-state index contributed by atoms with van der Waals surface area (Å²) in [7, 11) is 0. The second kappa shape index (κ2) is 5.38. The molecule has 4 rings (SSSR count). The molecule has 1 aromatic heterocycles. The lowest BCUT2D eigenvalue weighted by Gasteiger charge is -2.32. The van der Waals surface area contributed by atoms with E-state index in [1.165, 1.54) is 6.07 Å². The molecule has 2 aliphatic heterocycles. The summed E-state index contributed by atoms with van der Waals surface area (Å²) >= 11 is 0. The molecular weight excluding hydrogens is 334 g/mol. The van der Waals surface area contributed by atoms with E-state index in [1.54, 1.807) is 38.2 Å². The van der Waals surface area contributed by atoms with Gasteiger partial charge in [-0.2, -0.15) is 0 Å². The number of aliphatic hydroxyl groups is 1. The molecule has 7 heteroatoms. The van der Waals surface area contributed by atoms with Crippen LogP contribution in [0.5, 0.6) is 17.4 Å². The molecule has 132 valence electrons. The number of fused-ring (bicyclic) bond motifs is 4. The van der Waals surface area contributed by atoms with Crippen LogP contribution in [0.2, 0.25) is 0 Å². The van der Waals surface area contributed by atoms with Gasteiger partial charge in [-0.3, -0.25) is 0 Å². The van der Waals surface area contributed by atoms with E-state index >= 15 is 0 Å². The van der Waals surface area contributed by atoms with Gasteiger partial charge < -0.3 is 25.4 Å². The number of nitrogens with zero attached hydrogens (tertiary/aromatic N) is 2. The summed E-state index contributed by atoms with van der Waals surface area (Å²) < 4.78 is 11.3. The van der Waals surface area contributed by atoms with Crippen molar-refractivity contribution < 1.29 is 19.7 Å². The van der Waals surface area contributed by atoms with Crippen molar-refractivity contribution in [2.24, 2.45) is 10.7 Å². The van der Waals surface area contributed by atoms with E-state index in [-0.39, 0.29) is 18.4 Å². The van der Waals surface area contributed by atoms with Crippen LogP contribution in [-0.2, 0) is 10.3 Å². The van der Waals surface area contributed by atoms with Crippen molar-refractivity contribution in [3.8, 4) is 29.2 Å². The highest BCUT2D eigenvalue weighted by molar-refractivity contribution is 5.76. The number of aliphatic imine (C=N–C) groups is 1. The van der Waals surface area contributed by atoms with Crippen LogP contribution in [0.3, 0.4) is 0 Å². The van der Waals surface area contributed by atoms with Crippen LogP contribution >= 0.6 is 0 Å². The van der Waals surface area contributed by atoms with E-state index < -0.39 is 11.1 Å². The van der Waals surface area contributed by atoms with Gasteiger partial charge in [0.15, 0.2) is 5.54 Å². The third-order valence-corrected chi connectivity index (χ3v) is 4.15. The number of hydrogen-bond acceptors (Lipinski definition) is 7. The van der Waals surface area contributed by atoms with Crippen LogP contribution in [0.1, 0.15) is 30.5 Å². The summed E-state index contributed by atoms with van der Waals surface area (Å²) in [6, 6.07) is 6.62. The number of hydrogen-bond donors (Lipinski definition) is 3. The van der Waals surface area contributed by atoms with Gasteiger partial charge in [0.1, 0.15) is 23.7 Å². The van der Waals surface area contributed by atoms with Gasteiger partial charge in [-0.15, -0.1) is 0 Å². The second-order valence-corrected chi connectivity index (χ2v) is 6.77. The van der Waals surface area contributed by atoms with Crippen molar-refractivity contribution in [1.29, 1.82) is 0 Å². The third kappa shape index (κ3) is 2.61. The van der Waals surface area contributed by atoms with Crippen LogP contribution < -0.4 is 10.5 Å². The molecule has 0 aliphatic carbocycles. The van der Waals surface area contributed by atoms with Crippen LogP contribution in [0.25, 0.3) is 0 Å². The summed E-state index contributed by atoms with van der Waals surface area (Å²) in [5.41, 5.74) is 5.57. The lowest BCUT2D eigenvalue weighted by molar-refractivity contribution is 0.143. The minimum Gasteiger partial charge on any atom is -0.508 e. The zero-order chi connectivity index (χ0) is 18.5. The predicted molar refractivity (Wildman–Crippen MR) is 93.9 cm³/mol. The first-order chi connectivity index (χ1) is 12.3. The van der Waals surface area contributed by atoms with Gasteiger partial charge in [0.05, 0.1) is 5.56 Å². The number of benzene rings is 1. The number of rotatable bonds is 0. The van der Waals surface area contributed by atoms with Crippen LogP contribution in [-0.4, -0.2) is 33.4 Å². The number of amidine groups is 1. The van der Waals surface area contributed by atoms with Crippen molar-refractivity contribution in [2.45, 2.75) is 25.0 Å². The highest BCUT2D eigenvalue weighted by Crippen LogP contribution is 2.50. The number of aromatic hydroxyl groups is 1. The fraction of sp³-hybridized carbons (Fsp3) is 0.263. The maximum absolute atomic E-state index is 9.93. The van der Waals surface area contributed by atoms with E-state index in [9.17, 15) is 10.2 Å². The molecule has 0 saturated carbocycles. The lowest BCUT2D eigenvalue weighted by atomic mass is 9.82. The first kappa shape index (κ1) is 16.2. The predicted octanol–water partition coefficient (Wildman–Crippen LogP) is 1.60. The van der Waals surface area contributed by atoms with Gasteiger partial charge in [0.25, 0.3) is 6.02 Å². The van der Waals surface area contributed by atoms with E-state index in [1.807, 2.05) is 0 Å². The quantitative estimate of drug-likeness (QED) is 0.622. The van der Waals surface area contributed by atoms with Gasteiger partial charge in [0, 0.05) is 17.3 Å². The number of phenols is 1. The Morgan fingerprint density at radius 3 is 2.77 bits per heavy atom. The molecule has 0 bridgehead atoms. The number of phenolic OH excluding ortho intramolecular Hbond substituents is 1. The van der Waals surface area contributed by atoms with Gasteiger partial charge in [0.2, 0.25) is 5.88 Å². The van der Waals surface area contributed by atoms with Crippen molar-refractivity contribution in [3.05, 3.63) is 47.2 Å². The SMILES string of the molecule is CC(C)(O)C#Cc1cnc2c(c1)[C@@]1(COC(N)=N1)c1cc(O)ccc1O2. The van der Waals surface area contributed by atoms with Gasteiger partial charge in [-0.1, -0.05) is 11.8 Å². The van der Waals surface area contributed by atoms with Crippen molar-refractivity contribution in [2.75, 3.05) is 6.61 Å². The maximum Gasteiger partial charge on any atom is 0.283 e. The Morgan fingerprint density at radius 1 is 1.27 bits per heavy atom. The Bertz CT molecular complexity index is 998. The molecule has 1 spiro atoms. The topological polar surface area (TPSA) is 110 Å². The van der Waals surface area contributed by atoms with Crippen LogP contribution in [0.15, 0.2) is 35.5 Å². The standard InChI is InChI=1S/C19H17N3O4/c1-18(2,24)6-5-11-7-14-16(21-9-11)26-15-4-3-12(23)8-13(15)19(14)10-25-17(20)22-19/h3-4,7-9,23-24H,10H2,1-2H3,(H2,20,22)/t19-/m1/s1. The molecule has 1 aromatic carbocycles. The molecule has 4 N–H and O–H groups in total. The number of nitrogens with two attached hydrogens (primary N) is 1. The summed E-state index contributed by atoms with van der Waals surface area (Å²) in [6.45, 7) is 3.37. The van der Waals surface area contributed by atoms with Crippen LogP contribution in [0.4, 0.5) is 0 Å². The molecule has 2 aromatic rings. The van der Waals surface area contributed by atoms with Gasteiger partial charge in [-0.05, 0) is 38.1 Å². The molecular formula is C19H17N3O4. The number of pyridine rings is 1. The average molecular weight is 351 g/mol. The first-order valence-corrected chi connectivity index (χ1v) is 8.02. The zero-order valence-electron chi connectivity index (χ0n) is 14.3. The zero-order valence-corrected chi connectivity index (χ0v) is 14.3.